The summed E-state index contributed by atoms with van der Waals surface area (Å²) >= 11 is 0. The molecule has 2 aliphatic rings. The number of hydrogen-bond acceptors (Lipinski definition) is 2. The smallest absolute Gasteiger partial charge is 0.0135 e. The molecule has 1 saturated heterocycles. The molecule has 2 rings (SSSR count). The van der Waals surface area contributed by atoms with Gasteiger partial charge in [-0.25, -0.2) is 0 Å². The zero-order chi connectivity index (χ0) is 12.1. The Morgan fingerprint density at radius 3 is 2.59 bits per heavy atom. The Kier molecular flexibility index (Phi) is 5.30. The molecule has 0 aromatic rings. The van der Waals surface area contributed by atoms with Crippen LogP contribution in [0, 0.1) is 11.8 Å². The minimum absolute atomic E-state index is 0.769. The largest absolute Gasteiger partial charge is 0.330 e. The normalized spacial score (nSPS) is 37.4. The van der Waals surface area contributed by atoms with Gasteiger partial charge in [0.15, 0.2) is 0 Å². The van der Waals surface area contributed by atoms with Crippen LogP contribution in [0.3, 0.4) is 0 Å². The van der Waals surface area contributed by atoms with E-state index in [1.165, 1.54) is 64.5 Å². The Bertz CT molecular complexity index is 217. The van der Waals surface area contributed by atoms with Crippen LogP contribution >= 0.6 is 0 Å². The number of nitrogens with zero attached hydrogens (tertiary/aromatic N) is 1. The van der Waals surface area contributed by atoms with Crippen LogP contribution in [0.1, 0.15) is 58.3 Å². The zero-order valence-corrected chi connectivity index (χ0v) is 11.5. The quantitative estimate of drug-likeness (QED) is 0.749. The summed E-state index contributed by atoms with van der Waals surface area (Å²) in [6, 6.07) is 0.799. The second-order valence-corrected chi connectivity index (χ2v) is 6.27. The first-order valence-electron chi connectivity index (χ1n) is 7.75. The average molecular weight is 238 g/mol. The van der Waals surface area contributed by atoms with Gasteiger partial charge in [0.25, 0.3) is 0 Å². The van der Waals surface area contributed by atoms with Crippen LogP contribution in [0.4, 0.5) is 0 Å². The summed E-state index contributed by atoms with van der Waals surface area (Å²) < 4.78 is 0. The summed E-state index contributed by atoms with van der Waals surface area (Å²) in [7, 11) is 0. The van der Waals surface area contributed by atoms with E-state index in [-0.39, 0.29) is 0 Å². The fraction of sp³-hybridized carbons (Fsp3) is 1.00. The van der Waals surface area contributed by atoms with E-state index < -0.39 is 0 Å². The van der Waals surface area contributed by atoms with Gasteiger partial charge >= 0.3 is 0 Å². The molecule has 2 fully saturated rings. The summed E-state index contributed by atoms with van der Waals surface area (Å²) in [5.74, 6) is 1.70. The molecular weight excluding hydrogens is 208 g/mol. The van der Waals surface area contributed by atoms with Gasteiger partial charge in [-0.2, -0.15) is 0 Å². The van der Waals surface area contributed by atoms with Crippen molar-refractivity contribution in [2.75, 3.05) is 19.6 Å². The first kappa shape index (κ1) is 13.4. The Balaban J connectivity index is 1.96. The predicted octanol–water partition coefficient (Wildman–Crippen LogP) is 3.02. The number of likely N-dealkylation sites (tertiary alicyclic amines) is 1. The molecule has 0 amide bonds. The van der Waals surface area contributed by atoms with Crippen LogP contribution in [0.5, 0.6) is 0 Å². The molecule has 3 atom stereocenters. The van der Waals surface area contributed by atoms with Gasteiger partial charge in [0, 0.05) is 6.04 Å². The van der Waals surface area contributed by atoms with Crippen LogP contribution < -0.4 is 5.73 Å². The Hall–Kier alpha value is -0.0800. The van der Waals surface area contributed by atoms with Crippen molar-refractivity contribution < 1.29 is 0 Å². The Labute approximate surface area is 107 Å². The van der Waals surface area contributed by atoms with E-state index in [4.69, 9.17) is 5.73 Å². The monoisotopic (exact) mass is 238 g/mol. The minimum atomic E-state index is 0.769. The topological polar surface area (TPSA) is 29.3 Å². The molecule has 0 bridgehead atoms. The van der Waals surface area contributed by atoms with Crippen molar-refractivity contribution in [3.05, 3.63) is 0 Å². The molecule has 1 aliphatic heterocycles. The van der Waals surface area contributed by atoms with Gasteiger partial charge in [-0.15, -0.1) is 0 Å². The first-order chi connectivity index (χ1) is 8.31. The van der Waals surface area contributed by atoms with Gasteiger partial charge in [0.05, 0.1) is 0 Å². The van der Waals surface area contributed by atoms with Gasteiger partial charge in [-0.05, 0) is 63.6 Å². The second-order valence-electron chi connectivity index (χ2n) is 6.27. The molecule has 2 N–H and O–H groups in total. The van der Waals surface area contributed by atoms with Crippen LogP contribution in [-0.2, 0) is 0 Å². The lowest BCUT2D eigenvalue weighted by molar-refractivity contribution is 0.139. The highest BCUT2D eigenvalue weighted by molar-refractivity contribution is 4.84. The van der Waals surface area contributed by atoms with Crippen molar-refractivity contribution in [2.24, 2.45) is 17.6 Å². The van der Waals surface area contributed by atoms with Gasteiger partial charge < -0.3 is 10.6 Å². The molecule has 2 nitrogen and oxygen atoms in total. The third-order valence-corrected chi connectivity index (χ3v) is 4.94. The van der Waals surface area contributed by atoms with E-state index in [2.05, 4.69) is 11.8 Å². The fourth-order valence-electron chi connectivity index (χ4n) is 3.74. The zero-order valence-electron chi connectivity index (χ0n) is 11.5. The molecular formula is C15H30N2. The molecule has 1 heterocycles. The van der Waals surface area contributed by atoms with Crippen LogP contribution in [0.15, 0.2) is 0 Å². The Morgan fingerprint density at radius 2 is 1.76 bits per heavy atom. The first-order valence-corrected chi connectivity index (χ1v) is 7.75. The highest BCUT2D eigenvalue weighted by Crippen LogP contribution is 2.29. The van der Waals surface area contributed by atoms with Crippen molar-refractivity contribution in [1.82, 2.24) is 4.90 Å². The lowest BCUT2D eigenvalue weighted by Gasteiger charge is -2.35. The predicted molar refractivity (Wildman–Crippen MR) is 74.0 cm³/mol. The van der Waals surface area contributed by atoms with Crippen LogP contribution in [-0.4, -0.2) is 30.6 Å². The molecule has 3 unspecified atom stereocenters. The third-order valence-electron chi connectivity index (χ3n) is 4.94. The minimum Gasteiger partial charge on any atom is -0.330 e. The summed E-state index contributed by atoms with van der Waals surface area (Å²) in [4.78, 5) is 2.78. The average Bonchev–Trinajstić information content (AvgIpc) is 2.68. The van der Waals surface area contributed by atoms with Crippen molar-refractivity contribution in [1.29, 1.82) is 0 Å². The maximum absolute atomic E-state index is 6.01. The molecule has 1 saturated carbocycles. The number of nitrogens with two attached hydrogens (primary N) is 1. The lowest BCUT2D eigenvalue weighted by Crippen LogP contribution is -2.43. The van der Waals surface area contributed by atoms with E-state index in [1.54, 1.807) is 0 Å². The second kappa shape index (κ2) is 6.75. The highest BCUT2D eigenvalue weighted by atomic mass is 15.2. The van der Waals surface area contributed by atoms with Crippen LogP contribution in [0.2, 0.25) is 0 Å². The van der Waals surface area contributed by atoms with Crippen LogP contribution in [0.25, 0.3) is 0 Å². The maximum Gasteiger partial charge on any atom is 0.0135 e. The molecule has 100 valence electrons. The van der Waals surface area contributed by atoms with E-state index in [0.717, 1.165) is 24.4 Å². The highest BCUT2D eigenvalue weighted by Gasteiger charge is 2.28. The number of hydrogen-bond donors (Lipinski definition) is 1. The molecule has 0 aromatic heterocycles. The SMILES string of the molecule is CC1CCCN(C2CCCCCC2CN)CC1. The molecule has 2 heteroatoms. The summed E-state index contributed by atoms with van der Waals surface area (Å²) in [5.41, 5.74) is 6.01. The maximum atomic E-state index is 6.01. The van der Waals surface area contributed by atoms with Gasteiger partial charge in [0.2, 0.25) is 0 Å². The van der Waals surface area contributed by atoms with Crippen molar-refractivity contribution in [3.63, 3.8) is 0 Å². The van der Waals surface area contributed by atoms with Crippen molar-refractivity contribution in [3.8, 4) is 0 Å². The van der Waals surface area contributed by atoms with E-state index in [1.807, 2.05) is 0 Å². The number of rotatable bonds is 2. The van der Waals surface area contributed by atoms with Gasteiger partial charge in [-0.1, -0.05) is 26.2 Å². The summed E-state index contributed by atoms with van der Waals surface area (Å²) in [6.07, 6.45) is 11.2. The fourth-order valence-corrected chi connectivity index (χ4v) is 3.74. The Morgan fingerprint density at radius 1 is 0.941 bits per heavy atom. The molecule has 0 radical (unpaired) electrons. The van der Waals surface area contributed by atoms with E-state index in [9.17, 15) is 0 Å². The summed E-state index contributed by atoms with van der Waals surface area (Å²) in [6.45, 7) is 5.96. The standard InChI is InChI=1S/C15H30N2/c1-13-6-5-10-17(11-9-13)15-8-4-2-3-7-14(15)12-16/h13-15H,2-12,16H2,1H3. The van der Waals surface area contributed by atoms with E-state index >= 15 is 0 Å². The van der Waals surface area contributed by atoms with Gasteiger partial charge in [0.1, 0.15) is 0 Å². The lowest BCUT2D eigenvalue weighted by atomic mass is 9.93. The summed E-state index contributed by atoms with van der Waals surface area (Å²) in [5, 5.41) is 0. The molecule has 1 aliphatic carbocycles. The van der Waals surface area contributed by atoms with Gasteiger partial charge in [-0.3, -0.25) is 0 Å². The molecule has 0 spiro atoms. The third kappa shape index (κ3) is 3.69. The van der Waals surface area contributed by atoms with Crippen molar-refractivity contribution in [2.45, 2.75) is 64.3 Å². The van der Waals surface area contributed by atoms with E-state index in [0.29, 0.717) is 0 Å². The molecule has 17 heavy (non-hydrogen) atoms. The van der Waals surface area contributed by atoms with Crippen molar-refractivity contribution >= 4 is 0 Å². The molecule has 0 aromatic carbocycles.